The van der Waals surface area contributed by atoms with Gasteiger partial charge in [0.2, 0.25) is 17.6 Å². The summed E-state index contributed by atoms with van der Waals surface area (Å²) < 4.78 is 26.5. The molecule has 1 N–H and O–H groups in total. The van der Waals surface area contributed by atoms with Crippen molar-refractivity contribution in [1.29, 1.82) is 0 Å². The number of nitrogens with zero attached hydrogens (tertiary/aromatic N) is 3. The first-order valence-electron chi connectivity index (χ1n) is 11.4. The summed E-state index contributed by atoms with van der Waals surface area (Å²) in [6, 6.07) is 2.43. The molecule has 35 heavy (non-hydrogen) atoms. The van der Waals surface area contributed by atoms with E-state index in [1.165, 1.54) is 21.3 Å². The molecule has 1 saturated heterocycles. The number of esters is 1. The third-order valence-electron chi connectivity index (χ3n) is 5.77. The molecule has 0 radical (unpaired) electrons. The maximum absolute atomic E-state index is 13.1. The second-order valence-corrected chi connectivity index (χ2v) is 7.75. The summed E-state index contributed by atoms with van der Waals surface area (Å²) in [4.78, 5) is 46.2. The van der Waals surface area contributed by atoms with Gasteiger partial charge in [-0.3, -0.25) is 14.9 Å². The Morgan fingerprint density at radius 3 is 2.09 bits per heavy atom. The molecule has 0 unspecified atom stereocenters. The van der Waals surface area contributed by atoms with Crippen LogP contribution < -0.4 is 19.5 Å². The maximum atomic E-state index is 13.1. The molecule has 0 aliphatic carbocycles. The third kappa shape index (κ3) is 5.52. The van der Waals surface area contributed by atoms with E-state index in [-0.39, 0.29) is 12.7 Å². The van der Waals surface area contributed by atoms with Crippen LogP contribution in [0.5, 0.6) is 17.2 Å². The van der Waals surface area contributed by atoms with Crippen molar-refractivity contribution in [2.45, 2.75) is 19.9 Å². The van der Waals surface area contributed by atoms with Crippen molar-refractivity contribution in [2.75, 3.05) is 60.7 Å². The van der Waals surface area contributed by atoms with Crippen molar-refractivity contribution in [3.8, 4) is 17.2 Å². The highest BCUT2D eigenvalue weighted by Crippen LogP contribution is 2.42. The van der Waals surface area contributed by atoms with Crippen molar-refractivity contribution >= 4 is 23.9 Å². The molecule has 2 aliphatic rings. The van der Waals surface area contributed by atoms with Crippen LogP contribution >= 0.6 is 0 Å². The molecular formula is C23H32N4O8. The molecule has 1 aromatic carbocycles. The average molecular weight is 493 g/mol. The Morgan fingerprint density at radius 1 is 0.971 bits per heavy atom. The molecule has 0 saturated carbocycles. The second kappa shape index (κ2) is 11.6. The van der Waals surface area contributed by atoms with Crippen LogP contribution in [0.25, 0.3) is 0 Å². The molecular weight excluding hydrogens is 460 g/mol. The van der Waals surface area contributed by atoms with E-state index in [1.54, 1.807) is 30.9 Å². The SMILES string of the molecule is CCOC(=O)[C@H]1C(=O)NC(N2CCN(C(=O)OCC)CC2)=N[C@H]1c1cc(OC)c(OC)c(OC)c1. The van der Waals surface area contributed by atoms with Gasteiger partial charge in [0.1, 0.15) is 6.04 Å². The van der Waals surface area contributed by atoms with Crippen LogP contribution in [-0.4, -0.2) is 94.5 Å². The van der Waals surface area contributed by atoms with Gasteiger partial charge in [0, 0.05) is 26.2 Å². The van der Waals surface area contributed by atoms with Crippen LogP contribution in [0.15, 0.2) is 17.1 Å². The summed E-state index contributed by atoms with van der Waals surface area (Å²) in [5, 5.41) is 2.74. The lowest BCUT2D eigenvalue weighted by molar-refractivity contribution is -0.153. The minimum absolute atomic E-state index is 0.122. The smallest absolute Gasteiger partial charge is 0.409 e. The number of carbonyl (C=O) groups excluding carboxylic acids is 3. The Hall–Kier alpha value is -3.70. The van der Waals surface area contributed by atoms with Crippen LogP contribution in [0.4, 0.5) is 4.79 Å². The predicted octanol–water partition coefficient (Wildman–Crippen LogP) is 1.19. The zero-order valence-electron chi connectivity index (χ0n) is 20.7. The van der Waals surface area contributed by atoms with Gasteiger partial charge in [-0.2, -0.15) is 0 Å². The van der Waals surface area contributed by atoms with E-state index in [9.17, 15) is 14.4 Å². The van der Waals surface area contributed by atoms with Gasteiger partial charge < -0.3 is 33.5 Å². The van der Waals surface area contributed by atoms with Gasteiger partial charge in [-0.25, -0.2) is 9.79 Å². The summed E-state index contributed by atoms with van der Waals surface area (Å²) >= 11 is 0. The van der Waals surface area contributed by atoms with E-state index in [0.29, 0.717) is 61.6 Å². The van der Waals surface area contributed by atoms with Gasteiger partial charge in [0.15, 0.2) is 17.4 Å². The van der Waals surface area contributed by atoms with Gasteiger partial charge in [0.25, 0.3) is 0 Å². The fraction of sp³-hybridized carbons (Fsp3) is 0.565. The monoisotopic (exact) mass is 492 g/mol. The minimum atomic E-state index is -1.21. The molecule has 2 atom stereocenters. The first-order chi connectivity index (χ1) is 16.9. The van der Waals surface area contributed by atoms with Gasteiger partial charge in [-0.15, -0.1) is 0 Å². The van der Waals surface area contributed by atoms with Crippen LogP contribution in [-0.2, 0) is 19.1 Å². The fourth-order valence-corrected chi connectivity index (χ4v) is 4.05. The first kappa shape index (κ1) is 25.9. The van der Waals surface area contributed by atoms with E-state index in [1.807, 2.05) is 4.90 Å². The number of rotatable bonds is 7. The molecule has 0 spiro atoms. The number of carbonyl (C=O) groups is 3. The number of benzene rings is 1. The standard InChI is InChI=1S/C23H32N4O8/c1-6-34-21(29)17-18(14-12-15(31-3)19(33-5)16(13-14)32-4)24-22(25-20(17)28)26-8-10-27(11-9-26)23(30)35-7-2/h12-13,17-18H,6-11H2,1-5H3,(H,24,25,28)/t17-,18+/m1/s1. The largest absolute Gasteiger partial charge is 0.493 e. The van der Waals surface area contributed by atoms with E-state index in [4.69, 9.17) is 28.7 Å². The summed E-state index contributed by atoms with van der Waals surface area (Å²) in [7, 11) is 4.45. The van der Waals surface area contributed by atoms with Crippen molar-refractivity contribution in [3.05, 3.63) is 17.7 Å². The molecule has 192 valence electrons. The van der Waals surface area contributed by atoms with Crippen LogP contribution in [0.2, 0.25) is 0 Å². The Balaban J connectivity index is 1.97. The summed E-state index contributed by atoms with van der Waals surface area (Å²) in [6.07, 6.45) is -0.376. The molecule has 1 fully saturated rings. The number of hydrogen-bond acceptors (Lipinski definition) is 10. The number of ether oxygens (including phenoxy) is 5. The lowest BCUT2D eigenvalue weighted by Gasteiger charge is -2.38. The lowest BCUT2D eigenvalue weighted by atomic mass is 9.90. The van der Waals surface area contributed by atoms with Crippen LogP contribution in [0.3, 0.4) is 0 Å². The highest BCUT2D eigenvalue weighted by Gasteiger charge is 2.43. The molecule has 2 heterocycles. The van der Waals surface area contributed by atoms with Crippen molar-refractivity contribution < 1.29 is 38.1 Å². The maximum Gasteiger partial charge on any atom is 0.409 e. The number of amides is 2. The average Bonchev–Trinajstić information content (AvgIpc) is 2.87. The van der Waals surface area contributed by atoms with Gasteiger partial charge in [0.05, 0.1) is 34.5 Å². The number of guanidine groups is 1. The summed E-state index contributed by atoms with van der Waals surface area (Å²) in [6.45, 7) is 5.53. The van der Waals surface area contributed by atoms with E-state index in [0.717, 1.165) is 0 Å². The minimum Gasteiger partial charge on any atom is -0.493 e. The van der Waals surface area contributed by atoms with E-state index >= 15 is 0 Å². The van der Waals surface area contributed by atoms with Crippen molar-refractivity contribution in [1.82, 2.24) is 15.1 Å². The number of piperazine rings is 1. The molecule has 0 aromatic heterocycles. The van der Waals surface area contributed by atoms with E-state index in [2.05, 4.69) is 5.32 Å². The molecule has 2 amide bonds. The van der Waals surface area contributed by atoms with E-state index < -0.39 is 23.8 Å². The Morgan fingerprint density at radius 2 is 1.57 bits per heavy atom. The Kier molecular flexibility index (Phi) is 8.61. The molecule has 3 rings (SSSR count). The molecule has 1 aromatic rings. The Labute approximate surface area is 204 Å². The molecule has 12 heteroatoms. The highest BCUT2D eigenvalue weighted by atomic mass is 16.6. The lowest BCUT2D eigenvalue weighted by Crippen LogP contribution is -2.58. The van der Waals surface area contributed by atoms with Crippen LogP contribution in [0.1, 0.15) is 25.5 Å². The highest BCUT2D eigenvalue weighted by molar-refractivity contribution is 6.08. The first-order valence-corrected chi connectivity index (χ1v) is 11.4. The van der Waals surface area contributed by atoms with Gasteiger partial charge in [-0.05, 0) is 31.5 Å². The fourth-order valence-electron chi connectivity index (χ4n) is 4.05. The van der Waals surface area contributed by atoms with Crippen molar-refractivity contribution in [2.24, 2.45) is 10.9 Å². The van der Waals surface area contributed by atoms with Gasteiger partial charge in [-0.1, -0.05) is 0 Å². The third-order valence-corrected chi connectivity index (χ3v) is 5.77. The van der Waals surface area contributed by atoms with Gasteiger partial charge >= 0.3 is 12.1 Å². The normalized spacial score (nSPS) is 19.9. The summed E-state index contributed by atoms with van der Waals surface area (Å²) in [5.41, 5.74) is 0.523. The number of methoxy groups -OCH3 is 3. The Bertz CT molecular complexity index is 949. The number of hydrogen-bond donors (Lipinski definition) is 1. The van der Waals surface area contributed by atoms with Crippen molar-refractivity contribution in [3.63, 3.8) is 0 Å². The molecule has 2 aliphatic heterocycles. The molecule has 12 nitrogen and oxygen atoms in total. The predicted molar refractivity (Wildman–Crippen MR) is 125 cm³/mol. The molecule has 0 bridgehead atoms. The summed E-state index contributed by atoms with van der Waals surface area (Å²) in [5.74, 6) is -0.977. The van der Waals surface area contributed by atoms with Crippen LogP contribution in [0, 0.1) is 5.92 Å². The topological polar surface area (TPSA) is 128 Å². The number of aliphatic imine (C=N–C) groups is 1. The second-order valence-electron chi connectivity index (χ2n) is 7.75. The quantitative estimate of drug-likeness (QED) is 0.441. The number of nitrogens with one attached hydrogen (secondary N) is 1. The zero-order valence-corrected chi connectivity index (χ0v) is 20.7. The zero-order chi connectivity index (χ0) is 25.5.